The molecule has 10 heteroatoms. The number of nitrogens with two attached hydrogens (primary N) is 4. The smallest absolute Gasteiger partial charge is 0.338 e. The van der Waals surface area contributed by atoms with Crippen molar-refractivity contribution in [2.24, 2.45) is 0 Å². The van der Waals surface area contributed by atoms with Gasteiger partial charge in [0.05, 0.1) is 24.3 Å². The molecule has 0 radical (unpaired) electrons. The Bertz CT molecular complexity index is 1530. The number of carbonyl (C=O) groups is 2. The number of benzene rings is 5. The maximum Gasteiger partial charge on any atom is 0.338 e. The van der Waals surface area contributed by atoms with Gasteiger partial charge in [-0.05, 0) is 121 Å². The molecular formula is C35H34N4O6. The second-order valence-corrected chi connectivity index (χ2v) is 9.68. The highest BCUT2D eigenvalue weighted by atomic mass is 16.5. The number of anilines is 4. The summed E-state index contributed by atoms with van der Waals surface area (Å²) >= 11 is 0. The Morgan fingerprint density at radius 2 is 0.644 bits per heavy atom. The summed E-state index contributed by atoms with van der Waals surface area (Å²) in [5.74, 6) is 2.07. The third-order valence-electron chi connectivity index (χ3n) is 6.10. The molecule has 0 heterocycles. The van der Waals surface area contributed by atoms with Crippen molar-refractivity contribution in [1.29, 1.82) is 0 Å². The largest absolute Gasteiger partial charge is 0.462 e. The second-order valence-electron chi connectivity index (χ2n) is 9.68. The number of hydrogen-bond donors (Lipinski definition) is 4. The Hall–Kier alpha value is -6.16. The molecule has 45 heavy (non-hydrogen) atoms. The van der Waals surface area contributed by atoms with Crippen LogP contribution in [0.25, 0.3) is 0 Å². The van der Waals surface area contributed by atoms with Gasteiger partial charge in [0.15, 0.2) is 0 Å². The Labute approximate surface area is 261 Å². The molecule has 0 saturated carbocycles. The second kappa shape index (κ2) is 15.9. The molecule has 0 fully saturated rings. The van der Waals surface area contributed by atoms with E-state index < -0.39 is 11.9 Å². The van der Waals surface area contributed by atoms with Crippen LogP contribution in [-0.4, -0.2) is 25.2 Å². The first-order chi connectivity index (χ1) is 21.7. The molecule has 10 nitrogen and oxygen atoms in total. The summed E-state index contributed by atoms with van der Waals surface area (Å²) in [6.07, 6.45) is 0.418. The molecular weight excluding hydrogens is 572 g/mol. The number of nitrogen functional groups attached to an aromatic ring is 4. The van der Waals surface area contributed by atoms with Crippen molar-refractivity contribution in [3.05, 3.63) is 132 Å². The van der Waals surface area contributed by atoms with Crippen molar-refractivity contribution in [2.75, 3.05) is 36.1 Å². The van der Waals surface area contributed by atoms with E-state index in [2.05, 4.69) is 0 Å². The lowest BCUT2D eigenvalue weighted by Crippen LogP contribution is -2.11. The van der Waals surface area contributed by atoms with Crippen molar-refractivity contribution < 1.29 is 28.5 Å². The van der Waals surface area contributed by atoms with Gasteiger partial charge in [0.1, 0.15) is 23.0 Å². The van der Waals surface area contributed by atoms with Crippen molar-refractivity contribution >= 4 is 34.7 Å². The molecule has 0 aliphatic carbocycles. The fourth-order valence-electron chi connectivity index (χ4n) is 3.71. The molecule has 5 aromatic carbocycles. The van der Waals surface area contributed by atoms with Crippen LogP contribution in [0.1, 0.15) is 27.1 Å². The third-order valence-corrected chi connectivity index (χ3v) is 6.10. The standard InChI is InChI=1S/C18H16N2O2.C17H18N2O4/c19-13-1-5-15(6-2-13)21-17-9-11-18(12-10-17)22-16-7-3-14(20)4-8-16;18-14-6-2-12(3-7-14)16(20)22-10-1-11-23-17(21)13-4-8-15(19)9-5-13/h1-12H,19-20H2;2-9H,1,10-11,18-19H2. The highest BCUT2D eigenvalue weighted by molar-refractivity contribution is 5.90. The van der Waals surface area contributed by atoms with E-state index in [0.717, 1.165) is 23.0 Å². The van der Waals surface area contributed by atoms with E-state index in [1.165, 1.54) is 0 Å². The minimum absolute atomic E-state index is 0.165. The predicted molar refractivity (Wildman–Crippen MR) is 175 cm³/mol. The van der Waals surface area contributed by atoms with Crippen LogP contribution in [0.15, 0.2) is 121 Å². The van der Waals surface area contributed by atoms with E-state index in [0.29, 0.717) is 40.3 Å². The van der Waals surface area contributed by atoms with Gasteiger partial charge < -0.3 is 41.9 Å². The molecule has 0 saturated heterocycles. The Morgan fingerprint density at radius 1 is 0.400 bits per heavy atom. The van der Waals surface area contributed by atoms with E-state index in [1.54, 1.807) is 72.8 Å². The van der Waals surface area contributed by atoms with Crippen molar-refractivity contribution in [3.8, 4) is 23.0 Å². The van der Waals surface area contributed by atoms with Gasteiger partial charge >= 0.3 is 11.9 Å². The summed E-state index contributed by atoms with van der Waals surface area (Å²) in [6.45, 7) is 0.330. The summed E-state index contributed by atoms with van der Waals surface area (Å²) in [7, 11) is 0. The lowest BCUT2D eigenvalue weighted by atomic mass is 10.2. The van der Waals surface area contributed by atoms with E-state index in [4.69, 9.17) is 41.9 Å². The van der Waals surface area contributed by atoms with Crippen LogP contribution in [0.2, 0.25) is 0 Å². The first-order valence-corrected chi connectivity index (χ1v) is 14.0. The van der Waals surface area contributed by atoms with Gasteiger partial charge in [-0.3, -0.25) is 0 Å². The molecule has 5 aromatic rings. The highest BCUT2D eigenvalue weighted by Crippen LogP contribution is 2.27. The first kappa shape index (κ1) is 31.8. The molecule has 230 valence electrons. The van der Waals surface area contributed by atoms with E-state index in [-0.39, 0.29) is 13.2 Å². The summed E-state index contributed by atoms with van der Waals surface area (Å²) in [5, 5.41) is 0. The van der Waals surface area contributed by atoms with Crippen LogP contribution in [-0.2, 0) is 9.47 Å². The number of carbonyl (C=O) groups excluding carboxylic acids is 2. The van der Waals surface area contributed by atoms with Crippen molar-refractivity contribution in [2.45, 2.75) is 6.42 Å². The minimum atomic E-state index is -0.435. The molecule has 0 aromatic heterocycles. The number of ether oxygens (including phenoxy) is 4. The average molecular weight is 607 g/mol. The molecule has 8 N–H and O–H groups in total. The minimum Gasteiger partial charge on any atom is -0.462 e. The van der Waals surface area contributed by atoms with Crippen LogP contribution in [0.4, 0.5) is 22.7 Å². The summed E-state index contributed by atoms with van der Waals surface area (Å²) in [6, 6.07) is 34.8. The van der Waals surface area contributed by atoms with Crippen LogP contribution in [0.3, 0.4) is 0 Å². The van der Waals surface area contributed by atoms with Gasteiger partial charge in [0.25, 0.3) is 0 Å². The highest BCUT2D eigenvalue weighted by Gasteiger charge is 2.08. The molecule has 0 aliphatic rings. The zero-order valence-electron chi connectivity index (χ0n) is 24.4. The Morgan fingerprint density at radius 3 is 0.933 bits per heavy atom. The van der Waals surface area contributed by atoms with E-state index in [1.807, 2.05) is 48.5 Å². The third kappa shape index (κ3) is 10.6. The summed E-state index contributed by atoms with van der Waals surface area (Å²) < 4.78 is 21.6. The first-order valence-electron chi connectivity index (χ1n) is 14.0. The fraction of sp³-hybridized carbons (Fsp3) is 0.0857. The van der Waals surface area contributed by atoms with E-state index >= 15 is 0 Å². The summed E-state index contributed by atoms with van der Waals surface area (Å²) in [5.41, 5.74) is 25.8. The molecule has 0 bridgehead atoms. The number of esters is 2. The Balaban J connectivity index is 0.000000205. The van der Waals surface area contributed by atoms with Gasteiger partial charge in [0.2, 0.25) is 0 Å². The number of hydrogen-bond acceptors (Lipinski definition) is 10. The average Bonchev–Trinajstić information content (AvgIpc) is 3.05. The summed E-state index contributed by atoms with van der Waals surface area (Å²) in [4.78, 5) is 23.4. The topological polar surface area (TPSA) is 175 Å². The molecule has 5 rings (SSSR count). The molecule has 0 atom stereocenters. The normalized spacial score (nSPS) is 10.1. The predicted octanol–water partition coefficient (Wildman–Crippen LogP) is 6.69. The zero-order chi connectivity index (χ0) is 32.0. The SMILES string of the molecule is Nc1ccc(C(=O)OCCCOC(=O)c2ccc(N)cc2)cc1.Nc1ccc(Oc2ccc(Oc3ccc(N)cc3)cc2)cc1. The zero-order valence-corrected chi connectivity index (χ0v) is 24.4. The van der Waals surface area contributed by atoms with Crippen LogP contribution < -0.4 is 32.4 Å². The maximum atomic E-state index is 11.7. The molecule has 0 unspecified atom stereocenters. The van der Waals surface area contributed by atoms with Crippen LogP contribution >= 0.6 is 0 Å². The Kier molecular flexibility index (Phi) is 11.2. The van der Waals surface area contributed by atoms with Crippen molar-refractivity contribution in [3.63, 3.8) is 0 Å². The number of rotatable bonds is 10. The lowest BCUT2D eigenvalue weighted by molar-refractivity contribution is 0.0396. The fourth-order valence-corrected chi connectivity index (χ4v) is 3.71. The van der Waals surface area contributed by atoms with Crippen LogP contribution in [0.5, 0.6) is 23.0 Å². The monoisotopic (exact) mass is 606 g/mol. The van der Waals surface area contributed by atoms with Gasteiger partial charge in [-0.2, -0.15) is 0 Å². The maximum absolute atomic E-state index is 11.7. The van der Waals surface area contributed by atoms with Crippen LogP contribution in [0, 0.1) is 0 Å². The molecule has 0 aliphatic heterocycles. The van der Waals surface area contributed by atoms with Gasteiger partial charge in [0, 0.05) is 29.2 Å². The molecule has 0 spiro atoms. The molecule has 0 amide bonds. The van der Waals surface area contributed by atoms with Gasteiger partial charge in [-0.25, -0.2) is 9.59 Å². The van der Waals surface area contributed by atoms with E-state index in [9.17, 15) is 9.59 Å². The van der Waals surface area contributed by atoms with Gasteiger partial charge in [-0.15, -0.1) is 0 Å². The lowest BCUT2D eigenvalue weighted by Gasteiger charge is -2.08. The van der Waals surface area contributed by atoms with Gasteiger partial charge in [-0.1, -0.05) is 0 Å². The van der Waals surface area contributed by atoms with Crippen molar-refractivity contribution in [1.82, 2.24) is 0 Å². The quantitative estimate of drug-likeness (QED) is 0.0761.